The van der Waals surface area contributed by atoms with Crippen molar-refractivity contribution >= 4 is 15.9 Å². The van der Waals surface area contributed by atoms with E-state index in [4.69, 9.17) is 0 Å². The van der Waals surface area contributed by atoms with Crippen molar-refractivity contribution < 1.29 is 0 Å². The molecule has 16 heavy (non-hydrogen) atoms. The summed E-state index contributed by atoms with van der Waals surface area (Å²) in [5, 5.41) is 3.64. The summed E-state index contributed by atoms with van der Waals surface area (Å²) in [7, 11) is 0. The maximum Gasteiger partial charge on any atom is 0.0208 e. The average Bonchev–Trinajstić information content (AvgIpc) is 2.81. The molecule has 0 aliphatic heterocycles. The van der Waals surface area contributed by atoms with E-state index in [2.05, 4.69) is 52.4 Å². The lowest BCUT2D eigenvalue weighted by Gasteiger charge is -2.20. The molecule has 0 amide bonds. The number of halogens is 1. The molecule has 0 bridgehead atoms. The van der Waals surface area contributed by atoms with Crippen molar-refractivity contribution in [2.24, 2.45) is 5.92 Å². The van der Waals surface area contributed by atoms with Gasteiger partial charge in [0.15, 0.2) is 0 Å². The van der Waals surface area contributed by atoms with Crippen molar-refractivity contribution in [3.8, 4) is 0 Å². The Balaban J connectivity index is 1.80. The highest BCUT2D eigenvalue weighted by molar-refractivity contribution is 9.10. The fraction of sp³-hybridized carbons (Fsp3) is 0.571. The van der Waals surface area contributed by atoms with Crippen LogP contribution in [0.3, 0.4) is 0 Å². The number of hydrogen-bond donors (Lipinski definition) is 1. The van der Waals surface area contributed by atoms with Crippen LogP contribution in [-0.2, 0) is 6.54 Å². The highest BCUT2D eigenvalue weighted by Crippen LogP contribution is 2.27. The van der Waals surface area contributed by atoms with Crippen LogP contribution in [0.1, 0.15) is 38.2 Å². The fourth-order valence-corrected chi connectivity index (χ4v) is 2.77. The summed E-state index contributed by atoms with van der Waals surface area (Å²) in [6.07, 6.45) is 5.67. The summed E-state index contributed by atoms with van der Waals surface area (Å²) in [5.41, 5.74) is 1.37. The average molecular weight is 282 g/mol. The van der Waals surface area contributed by atoms with Crippen molar-refractivity contribution in [3.63, 3.8) is 0 Å². The normalized spacial score (nSPS) is 18.9. The molecule has 0 radical (unpaired) electrons. The van der Waals surface area contributed by atoms with E-state index in [1.165, 1.54) is 31.2 Å². The van der Waals surface area contributed by atoms with Gasteiger partial charge in [-0.15, -0.1) is 0 Å². The largest absolute Gasteiger partial charge is 0.310 e. The van der Waals surface area contributed by atoms with Gasteiger partial charge in [0.05, 0.1) is 0 Å². The fourth-order valence-electron chi connectivity index (χ4n) is 2.51. The van der Waals surface area contributed by atoms with Crippen LogP contribution < -0.4 is 5.32 Å². The summed E-state index contributed by atoms with van der Waals surface area (Å²) >= 11 is 3.46. The Kier molecular flexibility index (Phi) is 4.42. The number of nitrogens with one attached hydrogen (secondary N) is 1. The van der Waals surface area contributed by atoms with Gasteiger partial charge < -0.3 is 5.32 Å². The molecular weight excluding hydrogens is 262 g/mol. The third-order valence-corrected chi connectivity index (χ3v) is 4.18. The molecule has 0 unspecified atom stereocenters. The minimum Gasteiger partial charge on any atom is -0.310 e. The maximum absolute atomic E-state index is 3.64. The van der Waals surface area contributed by atoms with Gasteiger partial charge in [-0.3, -0.25) is 0 Å². The molecule has 1 aromatic rings. The van der Waals surface area contributed by atoms with Gasteiger partial charge in [0.2, 0.25) is 0 Å². The van der Waals surface area contributed by atoms with Crippen LogP contribution in [-0.4, -0.2) is 6.04 Å². The molecule has 1 aliphatic carbocycles. The van der Waals surface area contributed by atoms with E-state index in [0.717, 1.165) is 16.9 Å². The molecule has 0 aromatic heterocycles. The summed E-state index contributed by atoms with van der Waals surface area (Å²) in [6, 6.07) is 9.23. The molecule has 1 aliphatic rings. The van der Waals surface area contributed by atoms with Crippen molar-refractivity contribution in [2.75, 3.05) is 0 Å². The standard InChI is InChI=1S/C14H20BrN/c1-11(13-4-2-3-5-13)16-10-12-6-8-14(15)9-7-12/h6-9,11,13,16H,2-5,10H2,1H3/t11-/m0/s1. The summed E-state index contributed by atoms with van der Waals surface area (Å²) in [6.45, 7) is 3.32. The lowest BCUT2D eigenvalue weighted by Crippen LogP contribution is -2.31. The Hall–Kier alpha value is -0.340. The van der Waals surface area contributed by atoms with Crippen LogP contribution in [0, 0.1) is 5.92 Å². The highest BCUT2D eigenvalue weighted by Gasteiger charge is 2.20. The molecule has 1 atom stereocenters. The smallest absolute Gasteiger partial charge is 0.0208 e. The van der Waals surface area contributed by atoms with Crippen molar-refractivity contribution in [3.05, 3.63) is 34.3 Å². The maximum atomic E-state index is 3.64. The molecule has 1 N–H and O–H groups in total. The molecule has 88 valence electrons. The van der Waals surface area contributed by atoms with Crippen LogP contribution in [0.25, 0.3) is 0 Å². The van der Waals surface area contributed by atoms with Crippen LogP contribution in [0.5, 0.6) is 0 Å². The molecule has 0 saturated heterocycles. The van der Waals surface area contributed by atoms with Crippen LogP contribution in [0.4, 0.5) is 0 Å². The zero-order chi connectivity index (χ0) is 11.4. The van der Waals surface area contributed by atoms with E-state index in [9.17, 15) is 0 Å². The zero-order valence-electron chi connectivity index (χ0n) is 9.88. The van der Waals surface area contributed by atoms with Crippen molar-refractivity contribution in [2.45, 2.75) is 45.2 Å². The van der Waals surface area contributed by atoms with Gasteiger partial charge >= 0.3 is 0 Å². The van der Waals surface area contributed by atoms with Gasteiger partial charge in [0, 0.05) is 17.1 Å². The Morgan fingerprint density at radius 1 is 1.25 bits per heavy atom. The van der Waals surface area contributed by atoms with E-state index in [-0.39, 0.29) is 0 Å². The second kappa shape index (κ2) is 5.83. The molecule has 1 aromatic carbocycles. The van der Waals surface area contributed by atoms with Gasteiger partial charge in [0.1, 0.15) is 0 Å². The zero-order valence-corrected chi connectivity index (χ0v) is 11.5. The Morgan fingerprint density at radius 2 is 1.88 bits per heavy atom. The first kappa shape index (κ1) is 12.1. The minimum absolute atomic E-state index is 0.658. The van der Waals surface area contributed by atoms with Gasteiger partial charge in [-0.25, -0.2) is 0 Å². The number of benzene rings is 1. The first-order valence-corrected chi connectivity index (χ1v) is 7.03. The predicted molar refractivity (Wildman–Crippen MR) is 72.4 cm³/mol. The molecule has 0 heterocycles. The lowest BCUT2D eigenvalue weighted by atomic mass is 9.99. The Morgan fingerprint density at radius 3 is 2.50 bits per heavy atom. The van der Waals surface area contributed by atoms with Crippen LogP contribution in [0.15, 0.2) is 28.7 Å². The SMILES string of the molecule is C[C@H](NCc1ccc(Br)cc1)C1CCCC1. The van der Waals surface area contributed by atoms with Gasteiger partial charge in [0.25, 0.3) is 0 Å². The third kappa shape index (κ3) is 3.33. The van der Waals surface area contributed by atoms with Gasteiger partial charge in [-0.05, 0) is 43.4 Å². The third-order valence-electron chi connectivity index (χ3n) is 3.65. The monoisotopic (exact) mass is 281 g/mol. The van der Waals surface area contributed by atoms with E-state index < -0.39 is 0 Å². The predicted octanol–water partition coefficient (Wildman–Crippen LogP) is 4.12. The van der Waals surface area contributed by atoms with E-state index in [0.29, 0.717) is 6.04 Å². The molecule has 2 heteroatoms. The molecule has 2 rings (SSSR count). The lowest BCUT2D eigenvalue weighted by molar-refractivity contribution is 0.380. The molecule has 1 nitrogen and oxygen atoms in total. The first-order valence-electron chi connectivity index (χ1n) is 6.23. The Labute approximate surface area is 107 Å². The van der Waals surface area contributed by atoms with E-state index in [1.54, 1.807) is 0 Å². The van der Waals surface area contributed by atoms with E-state index in [1.807, 2.05) is 0 Å². The number of hydrogen-bond acceptors (Lipinski definition) is 1. The molecular formula is C14H20BrN. The molecule has 0 spiro atoms. The van der Waals surface area contributed by atoms with Crippen LogP contribution in [0.2, 0.25) is 0 Å². The van der Waals surface area contributed by atoms with E-state index >= 15 is 0 Å². The number of rotatable bonds is 4. The summed E-state index contributed by atoms with van der Waals surface area (Å²) in [4.78, 5) is 0. The summed E-state index contributed by atoms with van der Waals surface area (Å²) < 4.78 is 1.15. The topological polar surface area (TPSA) is 12.0 Å². The quantitative estimate of drug-likeness (QED) is 0.876. The second-order valence-electron chi connectivity index (χ2n) is 4.84. The van der Waals surface area contributed by atoms with Crippen molar-refractivity contribution in [1.82, 2.24) is 5.32 Å². The second-order valence-corrected chi connectivity index (χ2v) is 5.76. The van der Waals surface area contributed by atoms with Crippen LogP contribution >= 0.6 is 15.9 Å². The minimum atomic E-state index is 0.658. The Bertz CT molecular complexity index is 314. The molecule has 1 fully saturated rings. The van der Waals surface area contributed by atoms with Gasteiger partial charge in [-0.2, -0.15) is 0 Å². The summed E-state index contributed by atoms with van der Waals surface area (Å²) in [5.74, 6) is 0.899. The molecule has 1 saturated carbocycles. The van der Waals surface area contributed by atoms with Gasteiger partial charge in [-0.1, -0.05) is 40.9 Å². The first-order chi connectivity index (χ1) is 7.75. The van der Waals surface area contributed by atoms with Crippen molar-refractivity contribution in [1.29, 1.82) is 0 Å². The highest BCUT2D eigenvalue weighted by atomic mass is 79.9.